The molecule has 0 saturated heterocycles. The minimum absolute atomic E-state index is 0. The monoisotopic (exact) mass is 340 g/mol. The lowest BCUT2D eigenvalue weighted by Gasteiger charge is -2.21. The lowest BCUT2D eigenvalue weighted by molar-refractivity contribution is 0.543. The van der Waals surface area contributed by atoms with E-state index in [-0.39, 0.29) is 23.2 Å². The number of alkyl halides is 1. The Morgan fingerprint density at radius 3 is 2.09 bits per heavy atom. The van der Waals surface area contributed by atoms with E-state index >= 15 is 0 Å². The Balaban J connectivity index is 0.00000242. The largest absolute Gasteiger partial charge is 0.340 e. The molecule has 0 aliphatic heterocycles. The van der Waals surface area contributed by atoms with E-state index in [2.05, 4.69) is 70.8 Å². The van der Waals surface area contributed by atoms with Gasteiger partial charge in [-0.3, -0.25) is 0 Å². The molecule has 0 saturated carbocycles. The number of benzene rings is 1. The molecule has 0 amide bonds. The van der Waals surface area contributed by atoms with Gasteiger partial charge in [0.1, 0.15) is 5.82 Å². The lowest BCUT2D eigenvalue weighted by Crippen LogP contribution is -2.16. The van der Waals surface area contributed by atoms with Crippen LogP contribution in [-0.2, 0) is 5.41 Å². The van der Waals surface area contributed by atoms with Gasteiger partial charge in [0.2, 0.25) is 0 Å². The predicted octanol–water partition coefficient (Wildman–Crippen LogP) is 6.04. The van der Waals surface area contributed by atoms with Gasteiger partial charge in [0.15, 0.2) is 0 Å². The first kappa shape index (κ1) is 19.1. The fourth-order valence-corrected chi connectivity index (χ4v) is 2.50. The summed E-state index contributed by atoms with van der Waals surface area (Å²) in [7, 11) is 0. The number of aryl methyl sites for hydroxylation is 1. The minimum atomic E-state index is -0.0501. The Morgan fingerprint density at radius 2 is 1.64 bits per heavy atom. The van der Waals surface area contributed by atoms with Gasteiger partial charge in [0.05, 0.1) is 16.8 Å². The Bertz CT molecular complexity index is 607. The van der Waals surface area contributed by atoms with Crippen LogP contribution in [0, 0.1) is 12.8 Å². The molecule has 1 atom stereocenters. The average molecular weight is 341 g/mol. The summed E-state index contributed by atoms with van der Waals surface area (Å²) in [6.07, 6.45) is 0. The number of nitrogens with one attached hydrogen (secondary N) is 1. The maximum atomic E-state index is 6.61. The van der Waals surface area contributed by atoms with E-state index in [0.29, 0.717) is 5.92 Å². The van der Waals surface area contributed by atoms with Gasteiger partial charge in [-0.1, -0.05) is 64.4 Å². The first-order chi connectivity index (χ1) is 9.70. The topological polar surface area (TPSA) is 28.7 Å². The molecule has 1 unspecified atom stereocenters. The number of halogens is 2. The maximum absolute atomic E-state index is 6.61. The minimum Gasteiger partial charge on any atom is -0.340 e. The van der Waals surface area contributed by atoms with Crippen molar-refractivity contribution >= 4 is 24.0 Å². The first-order valence-corrected chi connectivity index (χ1v) is 7.95. The Hall–Kier alpha value is -0.990. The zero-order chi connectivity index (χ0) is 15.8. The highest BCUT2D eigenvalue weighted by Gasteiger charge is 2.28. The second kappa shape index (κ2) is 7.06. The van der Waals surface area contributed by atoms with E-state index < -0.39 is 0 Å². The van der Waals surface area contributed by atoms with Crippen LogP contribution < -0.4 is 0 Å². The maximum Gasteiger partial charge on any atom is 0.137 e. The van der Waals surface area contributed by atoms with Gasteiger partial charge in [0.25, 0.3) is 0 Å². The molecule has 1 heterocycles. The van der Waals surface area contributed by atoms with E-state index in [0.717, 1.165) is 22.8 Å². The number of nitrogens with zero attached hydrogens (tertiary/aromatic N) is 1. The number of rotatable bonds is 3. The number of aromatic amines is 1. The van der Waals surface area contributed by atoms with Crippen LogP contribution in [0.4, 0.5) is 0 Å². The normalized spacial score (nSPS) is 13.1. The molecule has 0 aliphatic rings. The molecule has 0 radical (unpaired) electrons. The van der Waals surface area contributed by atoms with E-state index in [1.165, 1.54) is 5.56 Å². The first-order valence-electron chi connectivity index (χ1n) is 7.51. The summed E-state index contributed by atoms with van der Waals surface area (Å²) in [6, 6.07) is 8.41. The summed E-state index contributed by atoms with van der Waals surface area (Å²) in [5, 5.41) is -0.0501. The van der Waals surface area contributed by atoms with E-state index in [9.17, 15) is 0 Å². The lowest BCUT2D eigenvalue weighted by atomic mass is 9.88. The van der Waals surface area contributed by atoms with Crippen LogP contribution in [0.15, 0.2) is 24.3 Å². The smallest absolute Gasteiger partial charge is 0.137 e. The predicted molar refractivity (Wildman–Crippen MR) is 98.1 cm³/mol. The van der Waals surface area contributed by atoms with Crippen LogP contribution in [0.2, 0.25) is 0 Å². The van der Waals surface area contributed by atoms with Gasteiger partial charge >= 0.3 is 0 Å². The zero-order valence-corrected chi connectivity index (χ0v) is 15.8. The molecule has 0 fully saturated rings. The molecule has 4 heteroatoms. The molecule has 2 aromatic rings. The van der Waals surface area contributed by atoms with Crippen LogP contribution in [0.5, 0.6) is 0 Å². The summed E-state index contributed by atoms with van der Waals surface area (Å²) in [5.41, 5.74) is 4.43. The van der Waals surface area contributed by atoms with E-state index in [1.807, 2.05) is 0 Å². The van der Waals surface area contributed by atoms with Crippen LogP contribution in [-0.4, -0.2) is 9.97 Å². The van der Waals surface area contributed by atoms with Crippen molar-refractivity contribution in [2.75, 3.05) is 0 Å². The average Bonchev–Trinajstić information content (AvgIpc) is 2.83. The Labute approximate surface area is 145 Å². The number of imidazole rings is 1. The third-order valence-electron chi connectivity index (χ3n) is 3.63. The molecule has 0 aliphatic carbocycles. The quantitative estimate of drug-likeness (QED) is 0.677. The van der Waals surface area contributed by atoms with Gasteiger partial charge in [-0.25, -0.2) is 4.98 Å². The highest BCUT2D eigenvalue weighted by Crippen LogP contribution is 2.36. The SMILES string of the molecule is Cc1ccc(-c2nc(C(C)(C)C)c(C(Cl)C(C)C)[nH]2)cc1.Cl. The molecule has 22 heavy (non-hydrogen) atoms. The van der Waals surface area contributed by atoms with Crippen LogP contribution in [0.1, 0.15) is 56.9 Å². The standard InChI is InChI=1S/C18H25ClN2.ClH/c1-11(2)14(19)15-16(18(4,5)6)21-17(20-15)13-9-7-12(3)8-10-13;/h7-11,14H,1-6H3,(H,20,21);1H. The summed E-state index contributed by atoms with van der Waals surface area (Å²) >= 11 is 6.61. The summed E-state index contributed by atoms with van der Waals surface area (Å²) in [5.74, 6) is 1.26. The summed E-state index contributed by atoms with van der Waals surface area (Å²) in [6.45, 7) is 12.9. The molecule has 1 aromatic carbocycles. The number of hydrogen-bond donors (Lipinski definition) is 1. The third-order valence-corrected chi connectivity index (χ3v) is 4.35. The number of hydrogen-bond acceptors (Lipinski definition) is 1. The van der Waals surface area contributed by atoms with E-state index in [4.69, 9.17) is 16.6 Å². The van der Waals surface area contributed by atoms with Gasteiger partial charge < -0.3 is 4.98 Å². The molecular formula is C18H26Cl2N2. The fourth-order valence-electron chi connectivity index (χ4n) is 2.34. The van der Waals surface area contributed by atoms with Crippen LogP contribution in [0.25, 0.3) is 11.4 Å². The molecule has 0 bridgehead atoms. The van der Waals surface area contributed by atoms with Crippen molar-refractivity contribution in [2.24, 2.45) is 5.92 Å². The molecule has 122 valence electrons. The molecule has 1 N–H and O–H groups in total. The fraction of sp³-hybridized carbons (Fsp3) is 0.500. The number of H-pyrrole nitrogens is 1. The number of aromatic nitrogens is 2. The zero-order valence-electron chi connectivity index (χ0n) is 14.2. The molecule has 2 rings (SSSR count). The van der Waals surface area contributed by atoms with Crippen molar-refractivity contribution in [3.8, 4) is 11.4 Å². The van der Waals surface area contributed by atoms with Crippen molar-refractivity contribution in [1.82, 2.24) is 9.97 Å². The van der Waals surface area contributed by atoms with Crippen molar-refractivity contribution in [2.45, 2.75) is 52.3 Å². The highest BCUT2D eigenvalue weighted by molar-refractivity contribution is 6.20. The van der Waals surface area contributed by atoms with Crippen molar-refractivity contribution in [1.29, 1.82) is 0 Å². The van der Waals surface area contributed by atoms with Gasteiger partial charge in [-0.15, -0.1) is 24.0 Å². The third kappa shape index (κ3) is 4.05. The second-order valence-corrected chi connectivity index (χ2v) is 7.58. The van der Waals surface area contributed by atoms with Gasteiger partial charge in [0, 0.05) is 11.0 Å². The Morgan fingerprint density at radius 1 is 1.09 bits per heavy atom. The molecular weight excluding hydrogens is 315 g/mol. The second-order valence-electron chi connectivity index (χ2n) is 7.11. The van der Waals surface area contributed by atoms with Crippen molar-refractivity contribution in [3.63, 3.8) is 0 Å². The molecule has 0 spiro atoms. The van der Waals surface area contributed by atoms with Crippen LogP contribution in [0.3, 0.4) is 0 Å². The molecule has 1 aromatic heterocycles. The Kier molecular flexibility index (Phi) is 6.11. The van der Waals surface area contributed by atoms with E-state index in [1.54, 1.807) is 0 Å². The summed E-state index contributed by atoms with van der Waals surface area (Å²) < 4.78 is 0. The van der Waals surface area contributed by atoms with Gasteiger partial charge in [-0.05, 0) is 12.8 Å². The van der Waals surface area contributed by atoms with Crippen molar-refractivity contribution < 1.29 is 0 Å². The molecule has 2 nitrogen and oxygen atoms in total. The summed E-state index contributed by atoms with van der Waals surface area (Å²) in [4.78, 5) is 8.31. The van der Waals surface area contributed by atoms with Gasteiger partial charge in [-0.2, -0.15) is 0 Å². The van der Waals surface area contributed by atoms with Crippen LogP contribution >= 0.6 is 24.0 Å². The highest BCUT2D eigenvalue weighted by atomic mass is 35.5. The van der Waals surface area contributed by atoms with Crippen molar-refractivity contribution in [3.05, 3.63) is 41.2 Å².